The summed E-state index contributed by atoms with van der Waals surface area (Å²) in [6.07, 6.45) is 0. The van der Waals surface area contributed by atoms with Gasteiger partial charge >= 0.3 is 0 Å². The minimum Gasteiger partial charge on any atom is -0.491 e. The summed E-state index contributed by atoms with van der Waals surface area (Å²) in [7, 11) is 0. The number of rotatable bonds is 4. The summed E-state index contributed by atoms with van der Waals surface area (Å²) in [5.41, 5.74) is 0. The molecule has 0 aromatic heterocycles. The van der Waals surface area contributed by atoms with Crippen LogP contribution in [-0.2, 0) is 0 Å². The first-order chi connectivity index (χ1) is 7.04. The Hall–Kier alpha value is 1.69. The van der Waals surface area contributed by atoms with Crippen LogP contribution in [0.2, 0.25) is 0 Å². The van der Waals surface area contributed by atoms with E-state index in [0.29, 0.717) is 5.92 Å². The van der Waals surface area contributed by atoms with Gasteiger partial charge < -0.3 is 4.74 Å². The Morgan fingerprint density at radius 3 is 2.27 bits per heavy atom. The SMILES string of the molecule is CC(CBr)COc1c(I)cc(I)cc1I. The van der Waals surface area contributed by atoms with Crippen molar-refractivity contribution in [1.82, 2.24) is 0 Å². The van der Waals surface area contributed by atoms with Gasteiger partial charge in [0.15, 0.2) is 0 Å². The predicted molar refractivity (Wildman–Crippen MR) is 93.0 cm³/mol. The van der Waals surface area contributed by atoms with Crippen molar-refractivity contribution in [2.24, 2.45) is 5.92 Å². The number of halogens is 4. The summed E-state index contributed by atoms with van der Waals surface area (Å²) in [5.74, 6) is 1.56. The van der Waals surface area contributed by atoms with E-state index in [2.05, 4.69) is 103 Å². The van der Waals surface area contributed by atoms with Crippen LogP contribution in [0.15, 0.2) is 12.1 Å². The van der Waals surface area contributed by atoms with Crippen molar-refractivity contribution < 1.29 is 4.74 Å². The van der Waals surface area contributed by atoms with Crippen LogP contribution < -0.4 is 4.74 Å². The van der Waals surface area contributed by atoms with E-state index in [1.807, 2.05) is 0 Å². The van der Waals surface area contributed by atoms with Crippen LogP contribution >= 0.6 is 83.7 Å². The third-order valence-electron chi connectivity index (χ3n) is 1.74. The van der Waals surface area contributed by atoms with Gasteiger partial charge in [0.2, 0.25) is 0 Å². The van der Waals surface area contributed by atoms with Gasteiger partial charge in [-0.15, -0.1) is 0 Å². The predicted octanol–water partition coefficient (Wildman–Crippen LogP) is 4.91. The lowest BCUT2D eigenvalue weighted by molar-refractivity contribution is 0.270. The first kappa shape index (κ1) is 14.7. The van der Waals surface area contributed by atoms with E-state index >= 15 is 0 Å². The molecule has 0 aliphatic heterocycles. The Morgan fingerprint density at radius 1 is 1.27 bits per heavy atom. The molecular formula is C10H10BrI3O. The molecule has 15 heavy (non-hydrogen) atoms. The summed E-state index contributed by atoms with van der Waals surface area (Å²) in [6.45, 7) is 2.93. The molecule has 0 saturated heterocycles. The molecule has 0 bridgehead atoms. The zero-order valence-corrected chi connectivity index (χ0v) is 16.1. The summed E-state index contributed by atoms with van der Waals surface area (Å²) < 4.78 is 9.45. The van der Waals surface area contributed by atoms with Gasteiger partial charge in [0.25, 0.3) is 0 Å². The zero-order valence-electron chi connectivity index (χ0n) is 8.07. The second-order valence-electron chi connectivity index (χ2n) is 3.27. The summed E-state index contributed by atoms with van der Waals surface area (Å²) in [4.78, 5) is 0. The fraction of sp³-hybridized carbons (Fsp3) is 0.400. The molecule has 0 spiro atoms. The van der Waals surface area contributed by atoms with Crippen LogP contribution in [0, 0.1) is 16.6 Å². The van der Waals surface area contributed by atoms with Crippen molar-refractivity contribution in [3.05, 3.63) is 22.8 Å². The van der Waals surface area contributed by atoms with E-state index in [-0.39, 0.29) is 0 Å². The quantitative estimate of drug-likeness (QED) is 0.350. The number of ether oxygens (including phenoxy) is 1. The third kappa shape index (κ3) is 4.82. The van der Waals surface area contributed by atoms with Gasteiger partial charge in [0.05, 0.1) is 13.7 Å². The van der Waals surface area contributed by atoms with E-state index in [0.717, 1.165) is 17.7 Å². The molecule has 0 heterocycles. The van der Waals surface area contributed by atoms with Crippen molar-refractivity contribution in [1.29, 1.82) is 0 Å². The molecule has 1 aromatic carbocycles. The van der Waals surface area contributed by atoms with Crippen LogP contribution in [-0.4, -0.2) is 11.9 Å². The van der Waals surface area contributed by atoms with Gasteiger partial charge in [-0.2, -0.15) is 0 Å². The van der Waals surface area contributed by atoms with Gasteiger partial charge in [-0.1, -0.05) is 22.9 Å². The Kier molecular flexibility index (Phi) is 7.08. The minimum absolute atomic E-state index is 0.538. The molecule has 0 aliphatic carbocycles. The molecule has 0 amide bonds. The van der Waals surface area contributed by atoms with Crippen molar-refractivity contribution in [2.75, 3.05) is 11.9 Å². The highest BCUT2D eigenvalue weighted by atomic mass is 127. The highest BCUT2D eigenvalue weighted by molar-refractivity contribution is 14.1. The van der Waals surface area contributed by atoms with Gasteiger partial charge in [-0.3, -0.25) is 0 Å². The molecular weight excluding hydrogens is 597 g/mol. The summed E-state index contributed by atoms with van der Waals surface area (Å²) in [5, 5.41) is 0.977. The van der Waals surface area contributed by atoms with Gasteiger partial charge in [0, 0.05) is 8.90 Å². The van der Waals surface area contributed by atoms with Gasteiger partial charge in [0.1, 0.15) is 5.75 Å². The number of hydrogen-bond acceptors (Lipinski definition) is 1. The molecule has 0 saturated carbocycles. The molecule has 1 unspecified atom stereocenters. The Balaban J connectivity index is 2.77. The van der Waals surface area contributed by atoms with E-state index < -0.39 is 0 Å². The molecule has 0 fully saturated rings. The molecule has 0 radical (unpaired) electrons. The first-order valence-corrected chi connectivity index (χ1v) is 8.73. The standard InChI is InChI=1S/C10H10BrI3O/c1-6(4-11)5-15-10-8(13)2-7(12)3-9(10)14/h2-3,6H,4-5H2,1H3. The van der Waals surface area contributed by atoms with Crippen molar-refractivity contribution in [3.8, 4) is 5.75 Å². The maximum absolute atomic E-state index is 5.83. The lowest BCUT2D eigenvalue weighted by Crippen LogP contribution is -2.11. The molecule has 1 rings (SSSR count). The van der Waals surface area contributed by atoms with E-state index in [9.17, 15) is 0 Å². The van der Waals surface area contributed by atoms with Crippen LogP contribution in [0.4, 0.5) is 0 Å². The van der Waals surface area contributed by atoms with E-state index in [1.165, 1.54) is 10.7 Å². The van der Waals surface area contributed by atoms with Crippen LogP contribution in [0.1, 0.15) is 6.92 Å². The Morgan fingerprint density at radius 2 is 1.80 bits per heavy atom. The van der Waals surface area contributed by atoms with E-state index in [1.54, 1.807) is 0 Å². The normalized spacial score (nSPS) is 12.6. The maximum atomic E-state index is 5.83. The van der Waals surface area contributed by atoms with Crippen molar-refractivity contribution in [2.45, 2.75) is 6.92 Å². The first-order valence-electron chi connectivity index (χ1n) is 4.38. The average Bonchev–Trinajstić information content (AvgIpc) is 2.15. The number of benzene rings is 1. The lowest BCUT2D eigenvalue weighted by atomic mass is 10.2. The monoisotopic (exact) mass is 606 g/mol. The van der Waals surface area contributed by atoms with Gasteiger partial charge in [-0.25, -0.2) is 0 Å². The molecule has 0 N–H and O–H groups in total. The summed E-state index contributed by atoms with van der Waals surface area (Å²) >= 11 is 10.4. The lowest BCUT2D eigenvalue weighted by Gasteiger charge is -2.13. The topological polar surface area (TPSA) is 9.23 Å². The van der Waals surface area contributed by atoms with E-state index in [4.69, 9.17) is 4.74 Å². The number of hydrogen-bond donors (Lipinski definition) is 0. The molecule has 1 atom stereocenters. The highest BCUT2D eigenvalue weighted by Crippen LogP contribution is 2.29. The van der Waals surface area contributed by atoms with Crippen LogP contribution in [0.3, 0.4) is 0 Å². The Bertz CT molecular complexity index is 320. The second-order valence-corrected chi connectivity index (χ2v) is 7.49. The summed E-state index contributed by atoms with van der Waals surface area (Å²) in [6, 6.07) is 4.27. The Labute approximate surface area is 140 Å². The van der Waals surface area contributed by atoms with Crippen molar-refractivity contribution >= 4 is 83.7 Å². The smallest absolute Gasteiger partial charge is 0.146 e. The minimum atomic E-state index is 0.538. The molecule has 5 heteroatoms. The molecule has 1 aromatic rings. The van der Waals surface area contributed by atoms with Crippen LogP contribution in [0.5, 0.6) is 5.75 Å². The maximum Gasteiger partial charge on any atom is 0.146 e. The third-order valence-corrected chi connectivity index (χ3v) is 5.07. The second kappa shape index (κ2) is 7.20. The molecule has 1 nitrogen and oxygen atoms in total. The van der Waals surface area contributed by atoms with Crippen LogP contribution in [0.25, 0.3) is 0 Å². The van der Waals surface area contributed by atoms with Gasteiger partial charge in [-0.05, 0) is 85.8 Å². The highest BCUT2D eigenvalue weighted by Gasteiger charge is 2.09. The zero-order chi connectivity index (χ0) is 11.4. The van der Waals surface area contributed by atoms with Crippen molar-refractivity contribution in [3.63, 3.8) is 0 Å². The average molecular weight is 607 g/mol. The largest absolute Gasteiger partial charge is 0.491 e. The number of alkyl halides is 1. The molecule has 84 valence electrons. The fourth-order valence-corrected chi connectivity index (χ4v) is 5.02. The fourth-order valence-electron chi connectivity index (χ4n) is 0.937. The molecule has 0 aliphatic rings.